The number of rotatable bonds is 22. The Balaban J connectivity index is 0.000000170. The molecule has 0 atom stereocenters. The molecular formula is C78H53BrF12N16NaO9PS3. The molecule has 15 aromatic rings. The molecule has 0 fully saturated rings. The van der Waals surface area contributed by atoms with E-state index in [2.05, 4.69) is 176 Å². The molecule has 614 valence electrons. The van der Waals surface area contributed by atoms with E-state index in [9.17, 15) is 67.1 Å². The molecule has 15 rings (SSSR count). The van der Waals surface area contributed by atoms with Crippen molar-refractivity contribution in [2.75, 3.05) is 0 Å². The molecule has 6 heterocycles. The minimum Gasteiger partial charge on any atom is -0.488 e. The quantitative estimate of drug-likeness (QED) is 0.00931. The number of nitrogens with two attached hydrogens (primary N) is 1. The molecule has 0 saturated heterocycles. The maximum atomic E-state index is 14.4. The fraction of sp³-hybridized carbons (Fsp3) is 0.115. The van der Waals surface area contributed by atoms with E-state index in [0.29, 0.717) is 63.9 Å². The Kier molecular flexibility index (Phi) is 31.7. The van der Waals surface area contributed by atoms with E-state index in [0.717, 1.165) is 70.8 Å². The van der Waals surface area contributed by atoms with E-state index in [1.165, 1.54) is 116 Å². The zero-order chi connectivity index (χ0) is 85.7. The first-order valence-electron chi connectivity index (χ1n) is 34.2. The average molecular weight is 1820 g/mol. The van der Waals surface area contributed by atoms with Crippen LogP contribution in [0.1, 0.15) is 48.4 Å². The van der Waals surface area contributed by atoms with Crippen LogP contribution in [0.25, 0.3) is 92.3 Å². The first-order chi connectivity index (χ1) is 57.6. The summed E-state index contributed by atoms with van der Waals surface area (Å²) in [5, 5.41) is 19.9. The second-order valence-corrected chi connectivity index (χ2v) is 30.2. The standard InChI is InChI=1S/C20H12BrF4N3O3S.C20H12F4N6O3S.C20H14F4N4O3S.C18H15P.N3.Na/c21-8-15-16(32-18(26-15)10-1-3-11(4-2-10)20(23,24)25)9-30-12-5-6-13(14(22)7-12)17-27-19(29)31-28-17;21-14-7-12(5-6-13(14)17-28-19(31)33-29-17)32-9-16-15(8-26-30-25)27-18(34-16)10-1-3-11(4-2-10)20(22,23)24;21-14-7-12(5-6-13(14)17-27-19(29)31-28-17)30-9-16-15(8-25)26-18(32-16)10-1-3-11(4-2-10)20(22,23)24;1-4-10-16(11-5-1)19(17-12-6-2-7-13-17)18-14-8-3-9-15-18;1-3-2;/h1-7H,8-9H2,(H,27,28,29);1-7H,8-9H2,(H,28,29,31);1-7H,8-9,25H2,(H,27,28,29);1-15H;;/q;;;;-1;+1. The van der Waals surface area contributed by atoms with Gasteiger partial charge in [-0.1, -0.05) is 164 Å². The summed E-state index contributed by atoms with van der Waals surface area (Å²) in [5.74, 6) is -4.03. The Morgan fingerprint density at radius 3 is 0.992 bits per heavy atom. The number of ether oxygens (including phenoxy) is 3. The third-order valence-electron chi connectivity index (χ3n) is 16.4. The fourth-order valence-corrected chi connectivity index (χ4v) is 16.7. The van der Waals surface area contributed by atoms with Gasteiger partial charge >= 0.3 is 65.4 Å². The Morgan fingerprint density at radius 2 is 0.727 bits per heavy atom. The van der Waals surface area contributed by atoms with E-state index in [1.807, 2.05) is 0 Å². The van der Waals surface area contributed by atoms with Crippen LogP contribution >= 0.6 is 57.9 Å². The monoisotopic (exact) mass is 1810 g/mol. The number of halogens is 13. The zero-order valence-corrected chi connectivity index (χ0v) is 68.7. The topological polar surface area (TPSA) is 377 Å². The van der Waals surface area contributed by atoms with Crippen molar-refractivity contribution in [3.05, 3.63) is 342 Å². The molecule has 0 saturated carbocycles. The predicted octanol–water partition coefficient (Wildman–Crippen LogP) is 17.1. The molecule has 25 nitrogen and oxygen atoms in total. The number of H-pyrrole nitrogens is 3. The van der Waals surface area contributed by atoms with Crippen LogP contribution < -0.4 is 82.7 Å². The van der Waals surface area contributed by atoms with Crippen LogP contribution in [0.15, 0.2) is 251 Å². The number of hydrogen-bond donors (Lipinski definition) is 4. The van der Waals surface area contributed by atoms with Crippen molar-refractivity contribution in [1.82, 2.24) is 45.4 Å². The van der Waals surface area contributed by atoms with E-state index < -0.39 is 77.9 Å². The summed E-state index contributed by atoms with van der Waals surface area (Å²) < 4.78 is 188. The van der Waals surface area contributed by atoms with Gasteiger partial charge in [0, 0.05) is 51.7 Å². The summed E-state index contributed by atoms with van der Waals surface area (Å²) in [6, 6.07) is 58.2. The van der Waals surface area contributed by atoms with Crippen molar-refractivity contribution in [3.63, 3.8) is 0 Å². The van der Waals surface area contributed by atoms with Crippen LogP contribution in [0.2, 0.25) is 0 Å². The Morgan fingerprint density at radius 1 is 0.438 bits per heavy atom. The molecule has 0 radical (unpaired) electrons. The second-order valence-electron chi connectivity index (χ2n) is 24.2. The number of benzene rings is 9. The third kappa shape index (κ3) is 24.7. The van der Waals surface area contributed by atoms with Crippen LogP contribution in [-0.2, 0) is 56.8 Å². The number of azide groups is 1. The predicted molar refractivity (Wildman–Crippen MR) is 427 cm³/mol. The maximum Gasteiger partial charge on any atom is 1.00 e. The van der Waals surface area contributed by atoms with Gasteiger partial charge in [0.1, 0.15) is 69.5 Å². The molecule has 121 heavy (non-hydrogen) atoms. The number of nitrogens with one attached hydrogen (secondary N) is 3. The van der Waals surface area contributed by atoms with Crippen LogP contribution in [0.4, 0.5) is 52.7 Å². The SMILES string of the molecule is NCc1nc(-c2ccc(C(F)(F)F)cc2)sc1COc1ccc(-c2noc(=O)[nH]2)c(F)c1.O=c1[nH]c(-c2ccc(OCc3sc(-c4ccc(C(F)(F)F)cc4)nc3CBr)cc2F)no1.[N-]=[N+]=NCc1nc(-c2ccc(C(F)(F)F)cc2)sc1COc1ccc(-c2noc(=O)[nH]2)c(F)c1.[N-]=[N+]=[N-].[Na+].c1ccc(P(c2ccccc2)c2ccccc2)cc1. The number of alkyl halides is 10. The van der Waals surface area contributed by atoms with Gasteiger partial charge in [0.15, 0.2) is 17.5 Å². The molecule has 0 spiro atoms. The molecular weight excluding hydrogens is 1760 g/mol. The fourth-order valence-electron chi connectivity index (χ4n) is 10.7. The number of nitrogens with zero attached hydrogens (tertiary/aromatic N) is 12. The molecule has 0 amide bonds. The van der Waals surface area contributed by atoms with Crippen LogP contribution in [0.3, 0.4) is 0 Å². The summed E-state index contributed by atoms with van der Waals surface area (Å²) in [6.07, 6.45) is -13.3. The number of aromatic amines is 3. The van der Waals surface area contributed by atoms with Crippen LogP contribution in [-0.4, -0.2) is 45.4 Å². The van der Waals surface area contributed by atoms with Gasteiger partial charge in [-0.25, -0.2) is 42.5 Å². The molecule has 0 aliphatic rings. The van der Waals surface area contributed by atoms with Gasteiger partial charge in [-0.15, -0.1) is 34.0 Å². The molecule has 43 heteroatoms. The Labute approximate surface area is 717 Å². The first kappa shape index (κ1) is 91.1. The average Bonchev–Trinajstić information content (AvgIpc) is 1.54. The van der Waals surface area contributed by atoms with Crippen LogP contribution in [0, 0.1) is 17.5 Å². The first-order valence-corrected chi connectivity index (χ1v) is 39.2. The Bertz CT molecular complexity index is 5930. The minimum absolute atomic E-state index is 0. The summed E-state index contributed by atoms with van der Waals surface area (Å²) in [7, 11) is -0.446. The molecule has 5 N–H and O–H groups in total. The number of thiazole rings is 3. The van der Waals surface area contributed by atoms with E-state index in [-0.39, 0.29) is 114 Å². The van der Waals surface area contributed by atoms with Gasteiger partial charge in [0.2, 0.25) is 0 Å². The van der Waals surface area contributed by atoms with Gasteiger partial charge in [-0.3, -0.25) is 33.4 Å². The summed E-state index contributed by atoms with van der Waals surface area (Å²) >= 11 is 6.99. The molecule has 9 aromatic carbocycles. The molecule has 0 aliphatic carbocycles. The van der Waals surface area contributed by atoms with Gasteiger partial charge in [0.05, 0.1) is 71.6 Å². The van der Waals surface area contributed by atoms with E-state index in [1.54, 1.807) is 0 Å². The van der Waals surface area contributed by atoms with E-state index >= 15 is 0 Å². The van der Waals surface area contributed by atoms with Crippen LogP contribution in [0.5, 0.6) is 17.2 Å². The van der Waals surface area contributed by atoms with Crippen molar-refractivity contribution in [3.8, 4) is 83.1 Å². The third-order valence-corrected chi connectivity index (χ3v) is 22.7. The zero-order valence-electron chi connectivity index (χ0n) is 61.7. The van der Waals surface area contributed by atoms with Crippen molar-refractivity contribution in [1.29, 1.82) is 0 Å². The maximum absolute atomic E-state index is 14.4. The second kappa shape index (κ2) is 42.1. The van der Waals surface area contributed by atoms with Crippen molar-refractivity contribution < 1.29 is 110 Å². The normalized spacial score (nSPS) is 11.1. The van der Waals surface area contributed by atoms with Crippen molar-refractivity contribution in [2.24, 2.45) is 10.8 Å². The van der Waals surface area contributed by atoms with Crippen molar-refractivity contribution >= 4 is 73.8 Å². The minimum atomic E-state index is -4.46. The van der Waals surface area contributed by atoms with Gasteiger partial charge in [0.25, 0.3) is 0 Å². The van der Waals surface area contributed by atoms with Gasteiger partial charge in [-0.2, -0.15) is 39.5 Å². The number of aromatic nitrogens is 9. The van der Waals surface area contributed by atoms with E-state index in [4.69, 9.17) is 36.5 Å². The Hall–Kier alpha value is -12.3. The summed E-state index contributed by atoms with van der Waals surface area (Å²) in [4.78, 5) is 59.2. The van der Waals surface area contributed by atoms with Crippen molar-refractivity contribution in [2.45, 2.75) is 56.8 Å². The molecule has 0 aliphatic heterocycles. The number of hydrogen-bond acceptors (Lipinski definition) is 20. The molecule has 0 bridgehead atoms. The summed E-state index contributed by atoms with van der Waals surface area (Å²) in [6.45, 7) is 0.0548. The largest absolute Gasteiger partial charge is 1.00 e. The van der Waals surface area contributed by atoms with Gasteiger partial charge in [-0.05, 0) is 102 Å². The van der Waals surface area contributed by atoms with Gasteiger partial charge < -0.3 is 31.0 Å². The molecule has 6 aromatic heterocycles. The molecule has 0 unspecified atom stereocenters. The smallest absolute Gasteiger partial charge is 0.488 e. The summed E-state index contributed by atoms with van der Waals surface area (Å²) in [5.41, 5.74) is 28.8.